The number of phenols is 1. The normalized spacial score (nSPS) is 9.38. The molecule has 0 aliphatic rings. The van der Waals surface area contributed by atoms with Crippen LogP contribution in [0.3, 0.4) is 0 Å². The van der Waals surface area contributed by atoms with E-state index >= 15 is 0 Å². The Labute approximate surface area is 76.6 Å². The van der Waals surface area contributed by atoms with Crippen molar-refractivity contribution in [1.29, 1.82) is 0 Å². The Kier molecular flexibility index (Phi) is 2.74. The van der Waals surface area contributed by atoms with E-state index in [4.69, 9.17) is 0 Å². The van der Waals surface area contributed by atoms with E-state index in [-0.39, 0.29) is 11.7 Å². The Bertz CT molecular complexity index is 323. The van der Waals surface area contributed by atoms with E-state index in [2.05, 4.69) is 10.6 Å². The molecule has 0 spiro atoms. The van der Waals surface area contributed by atoms with Crippen molar-refractivity contribution in [3.05, 3.63) is 18.2 Å². The average Bonchev–Trinajstić information content (AvgIpc) is 2.07. The fourth-order valence-electron chi connectivity index (χ4n) is 1.02. The van der Waals surface area contributed by atoms with Crippen molar-refractivity contribution in [2.24, 2.45) is 0 Å². The van der Waals surface area contributed by atoms with Crippen molar-refractivity contribution in [2.45, 2.75) is 6.92 Å². The molecule has 0 radical (unpaired) electrons. The first-order valence-corrected chi connectivity index (χ1v) is 3.92. The molecular weight excluding hydrogens is 168 g/mol. The van der Waals surface area contributed by atoms with Gasteiger partial charge in [0.1, 0.15) is 5.75 Å². The number of benzene rings is 1. The van der Waals surface area contributed by atoms with Gasteiger partial charge in [0.2, 0.25) is 5.91 Å². The van der Waals surface area contributed by atoms with Crippen molar-refractivity contribution in [3.8, 4) is 5.75 Å². The van der Waals surface area contributed by atoms with Gasteiger partial charge in [-0.05, 0) is 18.2 Å². The molecule has 4 heteroatoms. The number of carbonyl (C=O) groups is 1. The Morgan fingerprint density at radius 3 is 2.69 bits per heavy atom. The average molecular weight is 180 g/mol. The van der Waals surface area contributed by atoms with Crippen LogP contribution in [0, 0.1) is 0 Å². The summed E-state index contributed by atoms with van der Waals surface area (Å²) >= 11 is 0. The van der Waals surface area contributed by atoms with Gasteiger partial charge in [-0.15, -0.1) is 0 Å². The molecule has 3 N–H and O–H groups in total. The monoisotopic (exact) mass is 180 g/mol. The Morgan fingerprint density at radius 1 is 1.46 bits per heavy atom. The minimum Gasteiger partial charge on any atom is -0.506 e. The summed E-state index contributed by atoms with van der Waals surface area (Å²) in [6, 6.07) is 4.82. The molecule has 70 valence electrons. The van der Waals surface area contributed by atoms with Crippen LogP contribution in [-0.2, 0) is 4.79 Å². The SMILES string of the molecule is CNc1cc(NC(C)=O)ccc1O. The molecule has 0 heterocycles. The molecule has 0 atom stereocenters. The summed E-state index contributed by atoms with van der Waals surface area (Å²) in [6.07, 6.45) is 0. The van der Waals surface area contributed by atoms with Crippen molar-refractivity contribution >= 4 is 17.3 Å². The van der Waals surface area contributed by atoms with Gasteiger partial charge in [-0.25, -0.2) is 0 Å². The van der Waals surface area contributed by atoms with Crippen LogP contribution in [0.25, 0.3) is 0 Å². The third-order valence-electron chi connectivity index (χ3n) is 1.59. The van der Waals surface area contributed by atoms with Crippen LogP contribution in [0.2, 0.25) is 0 Å². The molecule has 0 aliphatic heterocycles. The standard InChI is InChI=1S/C9H12N2O2/c1-6(12)11-7-3-4-9(13)8(5-7)10-2/h3-5,10,13H,1-2H3,(H,11,12). The second kappa shape index (κ2) is 3.80. The van der Waals surface area contributed by atoms with Gasteiger partial charge in [0.05, 0.1) is 5.69 Å². The van der Waals surface area contributed by atoms with Crippen molar-refractivity contribution in [1.82, 2.24) is 0 Å². The number of nitrogens with one attached hydrogen (secondary N) is 2. The van der Waals surface area contributed by atoms with E-state index in [0.717, 1.165) is 0 Å². The van der Waals surface area contributed by atoms with E-state index in [0.29, 0.717) is 11.4 Å². The van der Waals surface area contributed by atoms with Crippen molar-refractivity contribution in [3.63, 3.8) is 0 Å². The second-order valence-electron chi connectivity index (χ2n) is 2.66. The third kappa shape index (κ3) is 2.37. The quantitative estimate of drug-likeness (QED) is 0.476. The number of anilines is 2. The number of hydrogen-bond donors (Lipinski definition) is 3. The smallest absolute Gasteiger partial charge is 0.221 e. The van der Waals surface area contributed by atoms with Gasteiger partial charge >= 0.3 is 0 Å². The van der Waals surface area contributed by atoms with Gasteiger partial charge in [-0.2, -0.15) is 0 Å². The van der Waals surface area contributed by atoms with E-state index in [1.54, 1.807) is 19.2 Å². The maximum atomic E-state index is 10.7. The summed E-state index contributed by atoms with van der Waals surface area (Å²) in [7, 11) is 1.70. The molecule has 0 bridgehead atoms. The summed E-state index contributed by atoms with van der Waals surface area (Å²) in [5, 5.41) is 14.7. The van der Waals surface area contributed by atoms with Gasteiger partial charge < -0.3 is 15.7 Å². The molecule has 1 amide bonds. The maximum Gasteiger partial charge on any atom is 0.221 e. The van der Waals surface area contributed by atoms with E-state index < -0.39 is 0 Å². The molecule has 4 nitrogen and oxygen atoms in total. The third-order valence-corrected chi connectivity index (χ3v) is 1.59. The van der Waals surface area contributed by atoms with Crippen LogP contribution < -0.4 is 10.6 Å². The summed E-state index contributed by atoms with van der Waals surface area (Å²) in [6.45, 7) is 1.44. The number of phenolic OH excluding ortho intramolecular Hbond substituents is 1. The first-order chi connectivity index (χ1) is 6.13. The van der Waals surface area contributed by atoms with Crippen LogP contribution in [0.15, 0.2) is 18.2 Å². The predicted molar refractivity (Wildman–Crippen MR) is 52.0 cm³/mol. The summed E-state index contributed by atoms with van der Waals surface area (Å²) in [5.41, 5.74) is 1.25. The molecular formula is C9H12N2O2. The Balaban J connectivity index is 2.92. The molecule has 0 fully saturated rings. The van der Waals surface area contributed by atoms with Crippen LogP contribution in [0.5, 0.6) is 5.75 Å². The van der Waals surface area contributed by atoms with Crippen LogP contribution >= 0.6 is 0 Å². The van der Waals surface area contributed by atoms with Crippen LogP contribution in [-0.4, -0.2) is 18.1 Å². The molecule has 0 aromatic heterocycles. The Morgan fingerprint density at radius 2 is 2.15 bits per heavy atom. The largest absolute Gasteiger partial charge is 0.506 e. The molecule has 1 rings (SSSR count). The highest BCUT2D eigenvalue weighted by Gasteiger charge is 2.01. The molecule has 0 aliphatic carbocycles. The summed E-state index contributed by atoms with van der Waals surface area (Å²) < 4.78 is 0. The lowest BCUT2D eigenvalue weighted by Crippen LogP contribution is -2.05. The van der Waals surface area contributed by atoms with Crippen LogP contribution in [0.1, 0.15) is 6.92 Å². The summed E-state index contributed by atoms with van der Waals surface area (Å²) in [5.74, 6) is 0.0318. The van der Waals surface area contributed by atoms with E-state index in [1.807, 2.05) is 0 Å². The number of carbonyl (C=O) groups excluding carboxylic acids is 1. The second-order valence-corrected chi connectivity index (χ2v) is 2.66. The number of aromatic hydroxyl groups is 1. The molecule has 0 unspecified atom stereocenters. The molecule has 0 saturated heterocycles. The zero-order valence-electron chi connectivity index (χ0n) is 7.59. The zero-order valence-corrected chi connectivity index (χ0v) is 7.59. The highest BCUT2D eigenvalue weighted by molar-refractivity contribution is 5.89. The number of rotatable bonds is 2. The lowest BCUT2D eigenvalue weighted by atomic mass is 10.2. The maximum absolute atomic E-state index is 10.7. The fraction of sp³-hybridized carbons (Fsp3) is 0.222. The lowest BCUT2D eigenvalue weighted by Gasteiger charge is -2.06. The van der Waals surface area contributed by atoms with E-state index in [1.165, 1.54) is 13.0 Å². The minimum atomic E-state index is -0.132. The minimum absolute atomic E-state index is 0.132. The van der Waals surface area contributed by atoms with Crippen molar-refractivity contribution < 1.29 is 9.90 Å². The van der Waals surface area contributed by atoms with E-state index in [9.17, 15) is 9.90 Å². The van der Waals surface area contributed by atoms with Gasteiger partial charge in [-0.3, -0.25) is 4.79 Å². The van der Waals surface area contributed by atoms with Gasteiger partial charge in [-0.1, -0.05) is 0 Å². The summed E-state index contributed by atoms with van der Waals surface area (Å²) in [4.78, 5) is 10.7. The number of amides is 1. The van der Waals surface area contributed by atoms with Gasteiger partial charge in [0.25, 0.3) is 0 Å². The fourth-order valence-corrected chi connectivity index (χ4v) is 1.02. The predicted octanol–water partition coefficient (Wildman–Crippen LogP) is 1.39. The first-order valence-electron chi connectivity index (χ1n) is 3.92. The zero-order chi connectivity index (χ0) is 9.84. The lowest BCUT2D eigenvalue weighted by molar-refractivity contribution is -0.114. The highest BCUT2D eigenvalue weighted by atomic mass is 16.3. The Hall–Kier alpha value is -1.71. The first kappa shape index (κ1) is 9.38. The van der Waals surface area contributed by atoms with Gasteiger partial charge in [0.15, 0.2) is 0 Å². The van der Waals surface area contributed by atoms with Crippen molar-refractivity contribution in [2.75, 3.05) is 17.7 Å². The van der Waals surface area contributed by atoms with Crippen LogP contribution in [0.4, 0.5) is 11.4 Å². The topological polar surface area (TPSA) is 61.4 Å². The highest BCUT2D eigenvalue weighted by Crippen LogP contribution is 2.25. The molecule has 1 aromatic rings. The van der Waals surface area contributed by atoms with Gasteiger partial charge in [0, 0.05) is 19.7 Å². The molecule has 0 saturated carbocycles. The number of hydrogen-bond acceptors (Lipinski definition) is 3. The molecule has 13 heavy (non-hydrogen) atoms. The molecule has 1 aromatic carbocycles.